The van der Waals surface area contributed by atoms with Gasteiger partial charge in [-0.2, -0.15) is 0 Å². The van der Waals surface area contributed by atoms with Crippen molar-refractivity contribution in [1.82, 2.24) is 4.57 Å². The summed E-state index contributed by atoms with van der Waals surface area (Å²) in [6.45, 7) is 5.26. The Balaban J connectivity index is 1.95. The highest BCUT2D eigenvalue weighted by Gasteiger charge is 2.33. The molecule has 1 N–H and O–H groups in total. The second kappa shape index (κ2) is 9.48. The van der Waals surface area contributed by atoms with Crippen LogP contribution in [0.3, 0.4) is 0 Å². The Morgan fingerprint density at radius 2 is 1.94 bits per heavy atom. The monoisotopic (exact) mass is 498 g/mol. The predicted octanol–water partition coefficient (Wildman–Crippen LogP) is 3.55. The van der Waals surface area contributed by atoms with Crippen LogP contribution in [0.15, 0.2) is 63.5 Å². The minimum Gasteiger partial charge on any atom is -0.507 e. The molecule has 176 valence electrons. The second-order valence-electron chi connectivity index (χ2n) is 8.01. The van der Waals surface area contributed by atoms with Crippen molar-refractivity contribution in [3.8, 4) is 11.5 Å². The van der Waals surface area contributed by atoms with E-state index in [1.165, 1.54) is 22.0 Å². The number of hydrogen-bond donors (Lipinski definition) is 1. The minimum atomic E-state index is -0.733. The molecule has 1 atom stereocenters. The summed E-state index contributed by atoms with van der Waals surface area (Å²) in [7, 11) is 1.57. The largest absolute Gasteiger partial charge is 0.507 e. The lowest BCUT2D eigenvalue weighted by Gasteiger charge is -2.25. The van der Waals surface area contributed by atoms with E-state index in [0.717, 1.165) is 0 Å². The smallest absolute Gasteiger partial charge is 0.338 e. The lowest BCUT2D eigenvalue weighted by atomic mass is 9.96. The molecule has 0 radical (unpaired) electrons. The fourth-order valence-electron chi connectivity index (χ4n) is 3.74. The summed E-state index contributed by atoms with van der Waals surface area (Å²) in [5.41, 5.74) is 1.55. The first-order valence-electron chi connectivity index (χ1n) is 10.6. The van der Waals surface area contributed by atoms with Gasteiger partial charge < -0.3 is 14.6 Å². The Hall–Kier alpha value is -3.36. The van der Waals surface area contributed by atoms with Crippen molar-refractivity contribution in [2.45, 2.75) is 32.9 Å². The number of carbonyl (C=O) groups excluding carboxylic acids is 1. The average Bonchev–Trinajstić information content (AvgIpc) is 3.09. The SMILES string of the molecule is COc1ccc([C@@H]2C(C(=O)OC(C)C)=C(C)N=c3s/c(=C\c4cc(Cl)ccc4O)c(=O)n32)cc1. The van der Waals surface area contributed by atoms with Crippen molar-refractivity contribution in [2.24, 2.45) is 4.99 Å². The molecular formula is C25H23ClN2O5S. The van der Waals surface area contributed by atoms with Crippen molar-refractivity contribution in [1.29, 1.82) is 0 Å². The number of ether oxygens (including phenoxy) is 2. The maximum Gasteiger partial charge on any atom is 0.338 e. The van der Waals surface area contributed by atoms with Crippen molar-refractivity contribution in [3.63, 3.8) is 0 Å². The van der Waals surface area contributed by atoms with Crippen LogP contribution < -0.4 is 19.6 Å². The van der Waals surface area contributed by atoms with E-state index in [-0.39, 0.29) is 17.4 Å². The Morgan fingerprint density at radius 1 is 1.24 bits per heavy atom. The van der Waals surface area contributed by atoms with E-state index in [1.54, 1.807) is 58.2 Å². The molecule has 0 bridgehead atoms. The first kappa shape index (κ1) is 23.8. The highest BCUT2D eigenvalue weighted by Crippen LogP contribution is 2.32. The van der Waals surface area contributed by atoms with Crippen molar-refractivity contribution < 1.29 is 19.4 Å². The number of aromatic nitrogens is 1. The highest BCUT2D eigenvalue weighted by atomic mass is 35.5. The van der Waals surface area contributed by atoms with E-state index in [9.17, 15) is 14.7 Å². The van der Waals surface area contributed by atoms with Crippen molar-refractivity contribution in [2.75, 3.05) is 7.11 Å². The molecule has 0 saturated carbocycles. The van der Waals surface area contributed by atoms with Gasteiger partial charge in [0.15, 0.2) is 4.80 Å². The van der Waals surface area contributed by atoms with Gasteiger partial charge in [-0.15, -0.1) is 0 Å². The lowest BCUT2D eigenvalue weighted by molar-refractivity contribution is -0.143. The van der Waals surface area contributed by atoms with E-state index in [0.29, 0.717) is 42.5 Å². The number of methoxy groups -OCH3 is 1. The zero-order chi connectivity index (χ0) is 24.6. The molecule has 1 aliphatic heterocycles. The number of fused-ring (bicyclic) bond motifs is 1. The van der Waals surface area contributed by atoms with Gasteiger partial charge in [-0.3, -0.25) is 9.36 Å². The molecule has 0 saturated heterocycles. The van der Waals surface area contributed by atoms with E-state index >= 15 is 0 Å². The molecular weight excluding hydrogens is 476 g/mol. The summed E-state index contributed by atoms with van der Waals surface area (Å²) in [4.78, 5) is 31.7. The standard InChI is InChI=1S/C25H23ClN2O5S/c1-13(2)33-24(31)21-14(3)27-25-28(22(21)15-5-8-18(32-4)9-6-15)23(30)20(34-25)12-16-11-17(26)7-10-19(16)29/h5-13,22,29H,1-4H3/b20-12-/t22-/m1/s1. The fraction of sp³-hybridized carbons (Fsp3) is 0.240. The third kappa shape index (κ3) is 4.51. The quantitative estimate of drug-likeness (QED) is 0.543. The molecule has 7 nitrogen and oxygen atoms in total. The number of rotatable bonds is 5. The molecule has 2 heterocycles. The van der Waals surface area contributed by atoms with Crippen molar-refractivity contribution >= 4 is 35.0 Å². The number of aromatic hydroxyl groups is 1. The van der Waals surface area contributed by atoms with Gasteiger partial charge in [0.2, 0.25) is 0 Å². The Bertz CT molecular complexity index is 1470. The van der Waals surface area contributed by atoms with Crippen LogP contribution in [0.4, 0.5) is 0 Å². The zero-order valence-electron chi connectivity index (χ0n) is 19.0. The van der Waals surface area contributed by atoms with E-state index in [1.807, 2.05) is 12.1 Å². The molecule has 0 amide bonds. The van der Waals surface area contributed by atoms with Crippen LogP contribution >= 0.6 is 22.9 Å². The zero-order valence-corrected chi connectivity index (χ0v) is 20.6. The molecule has 34 heavy (non-hydrogen) atoms. The molecule has 0 aliphatic carbocycles. The van der Waals surface area contributed by atoms with Gasteiger partial charge in [0.1, 0.15) is 11.5 Å². The number of benzene rings is 2. The van der Waals surface area contributed by atoms with Crippen LogP contribution in [0.1, 0.15) is 37.9 Å². The van der Waals surface area contributed by atoms with Gasteiger partial charge in [-0.05, 0) is 62.7 Å². The van der Waals surface area contributed by atoms with Gasteiger partial charge in [0, 0.05) is 10.6 Å². The molecule has 4 rings (SSSR count). The van der Waals surface area contributed by atoms with Crippen LogP contribution in [0.25, 0.3) is 6.08 Å². The molecule has 3 aromatic rings. The number of esters is 1. The van der Waals surface area contributed by atoms with Crippen LogP contribution in [0.2, 0.25) is 5.02 Å². The topological polar surface area (TPSA) is 90.1 Å². The molecule has 1 aromatic heterocycles. The second-order valence-corrected chi connectivity index (χ2v) is 9.46. The summed E-state index contributed by atoms with van der Waals surface area (Å²) in [6.07, 6.45) is 1.24. The van der Waals surface area contributed by atoms with E-state index < -0.39 is 12.0 Å². The van der Waals surface area contributed by atoms with Gasteiger partial charge in [-0.1, -0.05) is 35.1 Å². The van der Waals surface area contributed by atoms with Gasteiger partial charge >= 0.3 is 5.97 Å². The van der Waals surface area contributed by atoms with Crippen molar-refractivity contribution in [3.05, 3.63) is 89.6 Å². The molecule has 1 aliphatic rings. The summed E-state index contributed by atoms with van der Waals surface area (Å²) >= 11 is 7.24. The molecule has 2 aromatic carbocycles. The third-order valence-corrected chi connectivity index (χ3v) is 6.51. The summed E-state index contributed by atoms with van der Waals surface area (Å²) in [5, 5.41) is 10.6. The fourth-order valence-corrected chi connectivity index (χ4v) is 4.96. The first-order valence-corrected chi connectivity index (χ1v) is 11.7. The number of halogens is 1. The number of hydrogen-bond acceptors (Lipinski definition) is 7. The van der Waals surface area contributed by atoms with Crippen LogP contribution in [0, 0.1) is 0 Å². The number of carbonyl (C=O) groups is 1. The summed E-state index contributed by atoms with van der Waals surface area (Å²) in [6, 6.07) is 11.0. The normalized spacial score (nSPS) is 15.8. The maximum absolute atomic E-state index is 13.6. The average molecular weight is 499 g/mol. The Labute approximate surface area is 204 Å². The van der Waals surface area contributed by atoms with Gasteiger partial charge in [-0.25, -0.2) is 9.79 Å². The van der Waals surface area contributed by atoms with Gasteiger partial charge in [0.05, 0.1) is 35.1 Å². The van der Waals surface area contributed by atoms with Gasteiger partial charge in [0.25, 0.3) is 5.56 Å². The first-order chi connectivity index (χ1) is 16.2. The minimum absolute atomic E-state index is 0.000629. The number of phenolic OH excluding ortho intramolecular Hbond substituents is 1. The predicted molar refractivity (Wildman–Crippen MR) is 131 cm³/mol. The summed E-state index contributed by atoms with van der Waals surface area (Å²) in [5.74, 6) is 0.123. The number of phenols is 1. The summed E-state index contributed by atoms with van der Waals surface area (Å²) < 4.78 is 12.6. The van der Waals surface area contributed by atoms with Crippen LogP contribution in [0.5, 0.6) is 11.5 Å². The molecule has 0 fully saturated rings. The Kier molecular flexibility index (Phi) is 6.63. The number of allylic oxidation sites excluding steroid dienone is 1. The number of nitrogens with zero attached hydrogens (tertiary/aromatic N) is 2. The maximum atomic E-state index is 13.6. The van der Waals surface area contributed by atoms with E-state index in [4.69, 9.17) is 21.1 Å². The molecule has 0 spiro atoms. The van der Waals surface area contributed by atoms with E-state index in [2.05, 4.69) is 4.99 Å². The number of thiazole rings is 1. The highest BCUT2D eigenvalue weighted by molar-refractivity contribution is 7.07. The molecule has 0 unspecified atom stereocenters. The third-order valence-electron chi connectivity index (χ3n) is 5.29. The van der Waals surface area contributed by atoms with Crippen LogP contribution in [-0.2, 0) is 9.53 Å². The molecule has 9 heteroatoms. The van der Waals surface area contributed by atoms with Crippen LogP contribution in [-0.4, -0.2) is 28.9 Å². The lowest BCUT2D eigenvalue weighted by Crippen LogP contribution is -2.40. The Morgan fingerprint density at radius 3 is 2.59 bits per heavy atom.